The van der Waals surface area contributed by atoms with E-state index in [2.05, 4.69) is 4.98 Å². The number of aliphatic hydroxyl groups is 5. The molecule has 6 atom stereocenters. The average Bonchev–Trinajstić information content (AvgIpc) is 2.91. The van der Waals surface area contributed by atoms with Crippen molar-refractivity contribution in [2.24, 2.45) is 0 Å². The molecule has 2 aromatic rings. The zero-order valence-corrected chi connectivity index (χ0v) is 12.1. The Balaban J connectivity index is 1.95. The van der Waals surface area contributed by atoms with Crippen LogP contribution in [0, 0.1) is 0 Å². The summed E-state index contributed by atoms with van der Waals surface area (Å²) in [7, 11) is 0. The van der Waals surface area contributed by atoms with Gasteiger partial charge >= 0.3 is 0 Å². The molecule has 0 saturated heterocycles. The molecule has 3 rings (SSSR count). The second-order valence-electron chi connectivity index (χ2n) is 5.38. The van der Waals surface area contributed by atoms with E-state index in [0.29, 0.717) is 5.39 Å². The number of para-hydroxylation sites is 1. The summed E-state index contributed by atoms with van der Waals surface area (Å²) in [6.07, 6.45) is -7.10. The highest BCUT2D eigenvalue weighted by Crippen LogP contribution is 2.37. The first-order chi connectivity index (χ1) is 10.3. The monoisotopic (exact) mass is 329 g/mol. The van der Waals surface area contributed by atoms with Gasteiger partial charge in [0, 0.05) is 17.1 Å². The van der Waals surface area contributed by atoms with Crippen molar-refractivity contribution >= 4 is 22.5 Å². The van der Waals surface area contributed by atoms with E-state index in [1.165, 1.54) is 6.20 Å². The molecular formula is C14H16ClNO6. The minimum atomic E-state index is -2.46. The Morgan fingerprint density at radius 2 is 1.73 bits per heavy atom. The molecule has 0 bridgehead atoms. The van der Waals surface area contributed by atoms with Crippen LogP contribution in [0.15, 0.2) is 30.5 Å². The number of rotatable bonds is 2. The number of fused-ring (bicyclic) bond motifs is 1. The number of nitrogens with one attached hydrogen (secondary N) is 1. The molecular weight excluding hydrogens is 314 g/mol. The summed E-state index contributed by atoms with van der Waals surface area (Å²) >= 11 is 5.85. The van der Waals surface area contributed by atoms with Gasteiger partial charge in [-0.2, -0.15) is 0 Å². The number of hydrogen-bond donors (Lipinski definition) is 6. The number of aromatic nitrogens is 1. The van der Waals surface area contributed by atoms with Gasteiger partial charge in [0.1, 0.15) is 30.2 Å². The number of benzene rings is 1. The molecule has 120 valence electrons. The number of hydrogen-bond acceptors (Lipinski definition) is 6. The molecule has 0 spiro atoms. The number of aromatic amines is 1. The molecule has 1 fully saturated rings. The Bertz CT molecular complexity index is 674. The van der Waals surface area contributed by atoms with E-state index in [0.717, 1.165) is 5.52 Å². The molecule has 6 N–H and O–H groups in total. The van der Waals surface area contributed by atoms with Crippen LogP contribution in [-0.2, 0) is 0 Å². The molecule has 8 heteroatoms. The molecule has 1 heterocycles. The third kappa shape index (κ3) is 2.26. The fourth-order valence-corrected chi connectivity index (χ4v) is 2.95. The lowest BCUT2D eigenvalue weighted by Crippen LogP contribution is -2.70. The minimum absolute atomic E-state index is 0.287. The van der Waals surface area contributed by atoms with Crippen LogP contribution < -0.4 is 4.74 Å². The lowest BCUT2D eigenvalue weighted by Gasteiger charge is -2.45. The van der Waals surface area contributed by atoms with Gasteiger partial charge in [-0.3, -0.25) is 0 Å². The fraction of sp³-hybridized carbons (Fsp3) is 0.429. The highest BCUT2D eigenvalue weighted by molar-refractivity contribution is 6.23. The van der Waals surface area contributed by atoms with Crippen molar-refractivity contribution in [3.63, 3.8) is 0 Å². The molecule has 1 aromatic heterocycles. The lowest BCUT2D eigenvalue weighted by atomic mass is 9.84. The van der Waals surface area contributed by atoms with E-state index in [1.807, 2.05) is 6.07 Å². The van der Waals surface area contributed by atoms with Crippen LogP contribution in [0.3, 0.4) is 0 Å². The van der Waals surface area contributed by atoms with Crippen LogP contribution in [0.1, 0.15) is 0 Å². The molecule has 1 saturated carbocycles. The topological polar surface area (TPSA) is 126 Å². The molecule has 1 aliphatic carbocycles. The average molecular weight is 330 g/mol. The van der Waals surface area contributed by atoms with Gasteiger partial charge in [-0.1, -0.05) is 23.7 Å². The van der Waals surface area contributed by atoms with E-state index in [9.17, 15) is 25.5 Å². The predicted octanol–water partition coefficient (Wildman–Crippen LogP) is -0.700. The van der Waals surface area contributed by atoms with Gasteiger partial charge < -0.3 is 35.3 Å². The first-order valence-electron chi connectivity index (χ1n) is 6.70. The van der Waals surface area contributed by atoms with Crippen molar-refractivity contribution in [2.45, 2.75) is 35.6 Å². The Kier molecular flexibility index (Phi) is 3.80. The molecule has 0 unspecified atom stereocenters. The van der Waals surface area contributed by atoms with Gasteiger partial charge in [-0.15, -0.1) is 0 Å². The SMILES string of the molecule is O[C@H]1[C@H](O)[C@@H](O)[C@@](O)(Cl)[C@@H](Oc2c[nH]c3ccccc23)[C@H]1O. The zero-order chi connectivity index (χ0) is 16.1. The number of alkyl halides is 1. The number of halogens is 1. The highest BCUT2D eigenvalue weighted by Gasteiger charge is 2.59. The Morgan fingerprint density at radius 3 is 2.45 bits per heavy atom. The minimum Gasteiger partial charge on any atom is -0.481 e. The zero-order valence-electron chi connectivity index (χ0n) is 11.3. The van der Waals surface area contributed by atoms with Crippen molar-refractivity contribution in [1.82, 2.24) is 4.98 Å². The second-order valence-corrected chi connectivity index (χ2v) is 5.99. The maximum atomic E-state index is 10.2. The smallest absolute Gasteiger partial charge is 0.207 e. The van der Waals surface area contributed by atoms with Crippen LogP contribution in [0.5, 0.6) is 5.75 Å². The van der Waals surface area contributed by atoms with Gasteiger partial charge in [0.05, 0.1) is 0 Å². The molecule has 22 heavy (non-hydrogen) atoms. The molecule has 0 amide bonds. The molecule has 0 aliphatic heterocycles. The van der Waals surface area contributed by atoms with Crippen molar-refractivity contribution in [3.8, 4) is 5.75 Å². The van der Waals surface area contributed by atoms with Crippen molar-refractivity contribution in [2.75, 3.05) is 0 Å². The lowest BCUT2D eigenvalue weighted by molar-refractivity contribution is -0.232. The summed E-state index contributed by atoms with van der Waals surface area (Å²) in [6, 6.07) is 7.16. The van der Waals surface area contributed by atoms with Crippen molar-refractivity contribution in [1.29, 1.82) is 0 Å². The Hall–Kier alpha value is -1.35. The fourth-order valence-electron chi connectivity index (χ4n) is 2.65. The van der Waals surface area contributed by atoms with Gasteiger partial charge in [-0.05, 0) is 12.1 Å². The normalized spacial score (nSPS) is 39.1. The predicted molar refractivity (Wildman–Crippen MR) is 77.5 cm³/mol. The van der Waals surface area contributed by atoms with E-state index < -0.39 is 35.6 Å². The van der Waals surface area contributed by atoms with Gasteiger partial charge in [0.25, 0.3) is 0 Å². The van der Waals surface area contributed by atoms with E-state index in [-0.39, 0.29) is 5.75 Å². The van der Waals surface area contributed by atoms with Crippen LogP contribution in [-0.4, -0.2) is 66.1 Å². The van der Waals surface area contributed by atoms with E-state index >= 15 is 0 Å². The molecule has 7 nitrogen and oxygen atoms in total. The maximum Gasteiger partial charge on any atom is 0.207 e. The van der Waals surface area contributed by atoms with E-state index in [4.69, 9.17) is 16.3 Å². The van der Waals surface area contributed by atoms with Crippen LogP contribution in [0.25, 0.3) is 10.9 Å². The van der Waals surface area contributed by atoms with Crippen LogP contribution in [0.4, 0.5) is 0 Å². The third-order valence-electron chi connectivity index (χ3n) is 3.95. The highest BCUT2D eigenvalue weighted by atomic mass is 35.5. The van der Waals surface area contributed by atoms with Gasteiger partial charge in [0.15, 0.2) is 6.10 Å². The van der Waals surface area contributed by atoms with Crippen LogP contribution >= 0.6 is 11.6 Å². The largest absolute Gasteiger partial charge is 0.481 e. The first kappa shape index (κ1) is 15.5. The summed E-state index contributed by atoms with van der Waals surface area (Å²) in [5, 5.41) is 47.6. The molecule has 1 aliphatic rings. The summed E-state index contributed by atoms with van der Waals surface area (Å²) in [4.78, 5) is 2.95. The van der Waals surface area contributed by atoms with Gasteiger partial charge in [0.2, 0.25) is 5.06 Å². The standard InChI is InChI=1S/C14H16ClNO6/c15-14(21)12(20)10(18)9(17)11(19)13(14)22-8-5-16-7-4-2-1-3-6(7)8/h1-5,9-13,16-21H/t9-,10-,11-,12+,13-,14-/m0/s1. The summed E-state index contributed by atoms with van der Waals surface area (Å²) in [6.45, 7) is 0. The molecule has 0 radical (unpaired) electrons. The number of ether oxygens (including phenoxy) is 1. The van der Waals surface area contributed by atoms with E-state index in [1.54, 1.807) is 18.2 Å². The van der Waals surface area contributed by atoms with Crippen LogP contribution in [0.2, 0.25) is 0 Å². The van der Waals surface area contributed by atoms with Crippen molar-refractivity contribution < 1.29 is 30.3 Å². The number of aliphatic hydroxyl groups excluding tert-OH is 4. The van der Waals surface area contributed by atoms with Crippen molar-refractivity contribution in [3.05, 3.63) is 30.5 Å². The van der Waals surface area contributed by atoms with Gasteiger partial charge in [-0.25, -0.2) is 0 Å². The summed E-state index contributed by atoms with van der Waals surface area (Å²) in [5.74, 6) is 0.287. The second kappa shape index (κ2) is 5.38. The summed E-state index contributed by atoms with van der Waals surface area (Å²) in [5.41, 5.74) is 0.766. The third-order valence-corrected chi connectivity index (χ3v) is 4.39. The first-order valence-corrected chi connectivity index (χ1v) is 7.08. The Morgan fingerprint density at radius 1 is 1.05 bits per heavy atom. The summed E-state index contributed by atoms with van der Waals surface area (Å²) < 4.78 is 5.53. The molecule has 1 aromatic carbocycles. The number of H-pyrrole nitrogens is 1. The maximum absolute atomic E-state index is 10.2. The Labute approximate surface area is 130 Å². The quantitative estimate of drug-likeness (QED) is 0.405.